The maximum absolute atomic E-state index is 12.3. The number of anilines is 1. The zero-order valence-electron chi connectivity index (χ0n) is 21.8. The van der Waals surface area contributed by atoms with Crippen molar-refractivity contribution in [3.63, 3.8) is 0 Å². The highest BCUT2D eigenvalue weighted by atomic mass is 79.9. The Kier molecular flexibility index (Phi) is 6.57. The Morgan fingerprint density at radius 2 is 1.88 bits per heavy atom. The number of rotatable bonds is 5. The summed E-state index contributed by atoms with van der Waals surface area (Å²) in [4.78, 5) is 29.2. The first-order valence-electron chi connectivity index (χ1n) is 12.3. The van der Waals surface area contributed by atoms with E-state index in [-0.39, 0.29) is 11.8 Å². The van der Waals surface area contributed by atoms with Crippen molar-refractivity contribution in [2.45, 2.75) is 39.2 Å². The van der Waals surface area contributed by atoms with E-state index in [1.807, 2.05) is 20.8 Å². The molecule has 1 aromatic carbocycles. The van der Waals surface area contributed by atoms with Crippen molar-refractivity contribution in [3.05, 3.63) is 26.7 Å². The molecular formula is C22H33BrN4O5. The largest absolute Gasteiger partial charge is 0.490 e. The number of hydrogen-bond donors (Lipinski definition) is 0. The summed E-state index contributed by atoms with van der Waals surface area (Å²) in [7, 11) is -2.78. The van der Waals surface area contributed by atoms with E-state index >= 15 is 0 Å². The molecule has 32 heavy (non-hydrogen) atoms. The fourth-order valence-electron chi connectivity index (χ4n) is 4.16. The number of carbonyl (C=O) groups excluding carboxylic acids is 1. The van der Waals surface area contributed by atoms with Gasteiger partial charge in [-0.1, -0.05) is 0 Å². The van der Waals surface area contributed by atoms with Crippen molar-refractivity contribution in [1.29, 1.82) is 0 Å². The van der Waals surface area contributed by atoms with Gasteiger partial charge in [0.05, 0.1) is 21.8 Å². The summed E-state index contributed by atoms with van der Waals surface area (Å²) in [5.74, 6) is 0.229. The van der Waals surface area contributed by atoms with E-state index in [1.54, 1.807) is 4.90 Å². The first-order valence-corrected chi connectivity index (χ1v) is 11.6. The van der Waals surface area contributed by atoms with Gasteiger partial charge < -0.3 is 19.3 Å². The average molecular weight is 516 g/mol. The molecule has 0 bridgehead atoms. The zero-order valence-corrected chi connectivity index (χ0v) is 20.4. The van der Waals surface area contributed by atoms with Crippen LogP contribution in [0.25, 0.3) is 0 Å². The first kappa shape index (κ1) is 20.5. The van der Waals surface area contributed by atoms with Gasteiger partial charge in [-0.15, -0.1) is 0 Å². The van der Waals surface area contributed by atoms with E-state index in [2.05, 4.69) is 25.7 Å². The van der Waals surface area contributed by atoms with Crippen LogP contribution in [0.4, 0.5) is 16.2 Å². The molecule has 0 saturated carbocycles. The predicted molar refractivity (Wildman–Crippen MR) is 127 cm³/mol. The highest BCUT2D eigenvalue weighted by Crippen LogP contribution is 2.39. The molecule has 0 unspecified atom stereocenters. The van der Waals surface area contributed by atoms with E-state index in [9.17, 15) is 14.9 Å². The molecular weight excluding hydrogens is 480 g/mol. The number of piperazine rings is 1. The lowest BCUT2D eigenvalue weighted by Gasteiger charge is -2.39. The monoisotopic (exact) mass is 515 g/mol. The van der Waals surface area contributed by atoms with E-state index in [1.165, 1.54) is 12.1 Å². The minimum Gasteiger partial charge on any atom is -0.490 e. The standard InChI is InChI=1S/C22H33BrN4O5/c1-22(2,3)32-21(28)26-11-9-24(10-12-26)15-16-5-7-25(8-6-16)18-14-20(31-4)19(27(29)30)13-17(18)23/h13-14,16H,5-12,15H2,1-4H3/i4D3. The Morgan fingerprint density at radius 1 is 1.22 bits per heavy atom. The second kappa shape index (κ2) is 10.2. The van der Waals surface area contributed by atoms with Gasteiger partial charge in [0.2, 0.25) is 0 Å². The van der Waals surface area contributed by atoms with Gasteiger partial charge in [0.25, 0.3) is 0 Å². The van der Waals surface area contributed by atoms with Gasteiger partial charge >= 0.3 is 11.8 Å². The maximum Gasteiger partial charge on any atom is 0.410 e. The number of nitrogens with zero attached hydrogens (tertiary/aromatic N) is 4. The number of hydrogen-bond acceptors (Lipinski definition) is 7. The van der Waals surface area contributed by atoms with Crippen LogP contribution >= 0.6 is 15.9 Å². The minimum absolute atomic E-state index is 0.263. The second-order valence-electron chi connectivity index (χ2n) is 9.33. The van der Waals surface area contributed by atoms with Crippen LogP contribution in [0.2, 0.25) is 0 Å². The molecule has 2 aliphatic rings. The van der Waals surface area contributed by atoms with Gasteiger partial charge in [-0.3, -0.25) is 15.0 Å². The molecule has 1 aromatic rings. The fraction of sp³-hybridized carbons (Fsp3) is 0.682. The van der Waals surface area contributed by atoms with Crippen LogP contribution < -0.4 is 9.64 Å². The molecule has 2 fully saturated rings. The smallest absolute Gasteiger partial charge is 0.410 e. The molecule has 3 rings (SSSR count). The molecule has 2 saturated heterocycles. The molecule has 0 spiro atoms. The number of benzene rings is 1. The van der Waals surface area contributed by atoms with Crippen LogP contribution in [-0.4, -0.2) is 79.3 Å². The third-order valence-electron chi connectivity index (χ3n) is 5.83. The van der Waals surface area contributed by atoms with E-state index in [0.717, 1.165) is 45.6 Å². The van der Waals surface area contributed by atoms with Gasteiger partial charge in [0.15, 0.2) is 5.75 Å². The topological polar surface area (TPSA) is 88.4 Å². The maximum atomic E-state index is 12.3. The summed E-state index contributed by atoms with van der Waals surface area (Å²) in [6.45, 7) is 10.9. The summed E-state index contributed by atoms with van der Waals surface area (Å²) in [5, 5.41) is 11.4. The Hall–Kier alpha value is -2.07. The Morgan fingerprint density at radius 3 is 2.44 bits per heavy atom. The minimum atomic E-state index is -2.78. The summed E-state index contributed by atoms with van der Waals surface area (Å²) in [6, 6.07) is 2.73. The third kappa shape index (κ3) is 6.25. The second-order valence-corrected chi connectivity index (χ2v) is 10.2. The Bertz CT molecular complexity index is 925. The summed E-state index contributed by atoms with van der Waals surface area (Å²) in [6.07, 6.45) is 1.61. The number of methoxy groups -OCH3 is 1. The highest BCUT2D eigenvalue weighted by molar-refractivity contribution is 9.10. The number of piperidine rings is 1. The lowest BCUT2D eigenvalue weighted by molar-refractivity contribution is -0.385. The van der Waals surface area contributed by atoms with Crippen LogP contribution in [0.3, 0.4) is 0 Å². The lowest BCUT2D eigenvalue weighted by atomic mass is 9.95. The van der Waals surface area contributed by atoms with Gasteiger partial charge in [0, 0.05) is 62.4 Å². The molecule has 0 N–H and O–H groups in total. The number of halogens is 1. The molecule has 0 radical (unpaired) electrons. The average Bonchev–Trinajstić information content (AvgIpc) is 2.73. The fourth-order valence-corrected chi connectivity index (χ4v) is 4.74. The Balaban J connectivity index is 1.54. The van der Waals surface area contributed by atoms with E-state index < -0.39 is 23.2 Å². The molecule has 0 atom stereocenters. The van der Waals surface area contributed by atoms with Crippen molar-refractivity contribution >= 4 is 33.4 Å². The van der Waals surface area contributed by atoms with E-state index in [4.69, 9.17) is 13.6 Å². The molecule has 9 nitrogen and oxygen atoms in total. The van der Waals surface area contributed by atoms with Crippen LogP contribution in [0, 0.1) is 16.0 Å². The van der Waals surface area contributed by atoms with Crippen molar-refractivity contribution in [2.24, 2.45) is 5.92 Å². The third-order valence-corrected chi connectivity index (χ3v) is 6.47. The van der Waals surface area contributed by atoms with E-state index in [0.29, 0.717) is 29.2 Å². The van der Waals surface area contributed by atoms with Gasteiger partial charge in [-0.25, -0.2) is 4.79 Å². The quantitative estimate of drug-likeness (QED) is 0.430. The molecule has 178 valence electrons. The summed E-state index contributed by atoms with van der Waals surface area (Å²) >= 11 is 3.40. The zero-order chi connectivity index (χ0) is 26.0. The number of nitro groups is 1. The van der Waals surface area contributed by atoms with Crippen molar-refractivity contribution < 1.29 is 23.3 Å². The molecule has 2 heterocycles. The van der Waals surface area contributed by atoms with Crippen LogP contribution in [-0.2, 0) is 4.74 Å². The lowest BCUT2D eigenvalue weighted by Crippen LogP contribution is -2.51. The first-order chi connectivity index (χ1) is 16.2. The molecule has 10 heteroatoms. The van der Waals surface area contributed by atoms with Gasteiger partial charge in [0.1, 0.15) is 5.60 Å². The SMILES string of the molecule is [2H]C([2H])([2H])Oc1cc(N2CCC(CN3CCN(C(=O)OC(C)(C)C)CC3)CC2)c(Br)cc1[N+](=O)[O-]. The molecule has 0 aliphatic carbocycles. The number of nitro benzene ring substituents is 1. The number of carbonyl (C=O) groups is 1. The number of ether oxygens (including phenoxy) is 2. The van der Waals surface area contributed by atoms with Crippen molar-refractivity contribution in [3.8, 4) is 5.75 Å². The molecule has 0 aromatic heterocycles. The van der Waals surface area contributed by atoms with Gasteiger partial charge in [-0.2, -0.15) is 0 Å². The van der Waals surface area contributed by atoms with Crippen LogP contribution in [0.1, 0.15) is 37.7 Å². The normalized spacial score (nSPS) is 20.3. The predicted octanol–water partition coefficient (Wildman–Crippen LogP) is 4.14. The van der Waals surface area contributed by atoms with Gasteiger partial charge in [-0.05, 0) is 55.5 Å². The summed E-state index contributed by atoms with van der Waals surface area (Å²) in [5.41, 5.74) is -0.211. The van der Waals surface area contributed by atoms with Crippen LogP contribution in [0.15, 0.2) is 16.6 Å². The van der Waals surface area contributed by atoms with Crippen molar-refractivity contribution in [2.75, 3.05) is 57.8 Å². The summed E-state index contributed by atoms with van der Waals surface area (Å²) < 4.78 is 32.9. The highest BCUT2D eigenvalue weighted by Gasteiger charge is 2.29. The van der Waals surface area contributed by atoms with Crippen molar-refractivity contribution in [1.82, 2.24) is 9.80 Å². The number of amides is 1. The molecule has 2 aliphatic heterocycles. The Labute approximate surface area is 202 Å². The molecule has 1 amide bonds. The van der Waals surface area contributed by atoms with Crippen LogP contribution in [0.5, 0.6) is 5.75 Å².